The van der Waals surface area contributed by atoms with Crippen LogP contribution in [-0.4, -0.2) is 35.5 Å². The van der Waals surface area contributed by atoms with Gasteiger partial charge in [-0.2, -0.15) is 0 Å². The monoisotopic (exact) mass is 618 g/mol. The summed E-state index contributed by atoms with van der Waals surface area (Å²) in [6.07, 6.45) is 12.8. The number of hydrogen-bond acceptors (Lipinski definition) is 5. The minimum atomic E-state index is -0.319. The van der Waals surface area contributed by atoms with Gasteiger partial charge < -0.3 is 19.7 Å². The first-order chi connectivity index (χ1) is 21.0. The number of aliphatic hydroxyl groups is 1. The summed E-state index contributed by atoms with van der Waals surface area (Å²) < 4.78 is 11.4. The number of aromatic hydroxyl groups is 1. The second kappa shape index (κ2) is 10.9. The molecule has 0 radical (unpaired) electrons. The lowest BCUT2D eigenvalue weighted by molar-refractivity contribution is -0.262. The second-order valence-corrected chi connectivity index (χ2v) is 17.5. The quantitative estimate of drug-likeness (QED) is 0.196. The minimum Gasteiger partial charge on any atom is -0.504 e. The number of carbonyl (C=O) groups is 1. The van der Waals surface area contributed by atoms with E-state index in [1.165, 1.54) is 44.4 Å². The molecule has 0 aromatic heterocycles. The molecule has 5 saturated carbocycles. The number of esters is 1. The van der Waals surface area contributed by atoms with Crippen molar-refractivity contribution in [1.82, 2.24) is 0 Å². The number of benzene rings is 1. The zero-order valence-electron chi connectivity index (χ0n) is 29.1. The van der Waals surface area contributed by atoms with Crippen LogP contribution in [0.25, 0.3) is 6.08 Å². The lowest BCUT2D eigenvalue weighted by atomic mass is 9.32. The van der Waals surface area contributed by atoms with Crippen molar-refractivity contribution in [3.8, 4) is 11.5 Å². The standard InChI is InChI=1S/C40H58O5/c1-24(2)26-16-19-38(6)32(42)23-40(8)27(35(26)38)12-14-31-37(5)20-18-33(36(3,4)30(37)17-21-39(31,40)7)45-34(43)15-11-25-10-13-28(41)29(22-25)44-9/h10-11,13,15,22,26-27,30-33,35,41-42H,1,12,14,16-21,23H2,2-9H3/t26-,27+,30-,31+,32-,33-,35+,37-,38+,39+,40+/m0/s1. The number of fused-ring (bicyclic) bond motifs is 7. The fourth-order valence-corrected chi connectivity index (χ4v) is 12.8. The SMILES string of the molecule is C=C(C)[C@@H]1CC[C@@]2(C)[C@H]1[C@H]1CC[C@@H]3[C@@]4(C)CC[C@H](OC(=O)C=Cc5ccc(O)c(OC)c5)C(C)(C)[C@@H]4CC[C@@]3(C)[C@]1(C)C[C@@H]2O. The molecule has 1 aromatic carbocycles. The Balaban J connectivity index is 1.23. The van der Waals surface area contributed by atoms with Crippen LogP contribution in [0.3, 0.4) is 0 Å². The van der Waals surface area contributed by atoms with Crippen molar-refractivity contribution in [3.05, 3.63) is 42.0 Å². The van der Waals surface area contributed by atoms with Gasteiger partial charge in [0.1, 0.15) is 6.10 Å². The maximum atomic E-state index is 13.1. The summed E-state index contributed by atoms with van der Waals surface area (Å²) in [6.45, 7) is 21.5. The van der Waals surface area contributed by atoms with Gasteiger partial charge in [-0.3, -0.25) is 0 Å². The Bertz CT molecular complexity index is 1380. The van der Waals surface area contributed by atoms with Crippen LogP contribution in [-0.2, 0) is 9.53 Å². The molecule has 0 bridgehead atoms. The fraction of sp³-hybridized carbons (Fsp3) is 0.725. The Labute approximate surface area is 271 Å². The molecule has 0 aliphatic heterocycles. The lowest BCUT2D eigenvalue weighted by Crippen LogP contribution is -2.68. The number of ether oxygens (including phenoxy) is 2. The van der Waals surface area contributed by atoms with Crippen molar-refractivity contribution >= 4 is 12.0 Å². The molecule has 0 saturated heterocycles. The van der Waals surface area contributed by atoms with Gasteiger partial charge in [0.05, 0.1) is 13.2 Å². The molecule has 2 N–H and O–H groups in total. The lowest BCUT2D eigenvalue weighted by Gasteiger charge is -2.73. The van der Waals surface area contributed by atoms with Crippen molar-refractivity contribution < 1.29 is 24.5 Å². The van der Waals surface area contributed by atoms with Crippen LogP contribution in [0.4, 0.5) is 0 Å². The molecule has 5 heteroatoms. The number of methoxy groups -OCH3 is 1. The predicted molar refractivity (Wildman–Crippen MR) is 180 cm³/mol. The fourth-order valence-electron chi connectivity index (χ4n) is 12.8. The molecule has 5 aliphatic carbocycles. The highest BCUT2D eigenvalue weighted by molar-refractivity contribution is 5.87. The number of hydrogen-bond donors (Lipinski definition) is 2. The summed E-state index contributed by atoms with van der Waals surface area (Å²) in [7, 11) is 1.51. The Morgan fingerprint density at radius 2 is 1.64 bits per heavy atom. The van der Waals surface area contributed by atoms with Gasteiger partial charge in [0.25, 0.3) is 0 Å². The number of carbonyl (C=O) groups excluding carboxylic acids is 1. The van der Waals surface area contributed by atoms with Crippen molar-refractivity contribution in [3.63, 3.8) is 0 Å². The number of rotatable bonds is 5. The van der Waals surface area contributed by atoms with E-state index >= 15 is 0 Å². The van der Waals surface area contributed by atoms with Gasteiger partial charge in [-0.05, 0) is 140 Å². The molecular weight excluding hydrogens is 560 g/mol. The Morgan fingerprint density at radius 3 is 2.33 bits per heavy atom. The molecule has 6 rings (SSSR count). The van der Waals surface area contributed by atoms with Crippen molar-refractivity contribution in [2.45, 2.75) is 118 Å². The summed E-state index contributed by atoms with van der Waals surface area (Å²) in [4.78, 5) is 13.1. The molecular formula is C40H58O5. The van der Waals surface area contributed by atoms with E-state index in [9.17, 15) is 15.0 Å². The molecule has 5 fully saturated rings. The maximum absolute atomic E-state index is 13.1. The van der Waals surface area contributed by atoms with Gasteiger partial charge in [-0.25, -0.2) is 4.79 Å². The minimum absolute atomic E-state index is 0.00478. The zero-order valence-corrected chi connectivity index (χ0v) is 29.1. The van der Waals surface area contributed by atoms with E-state index in [2.05, 4.69) is 55.0 Å². The molecule has 0 amide bonds. The molecule has 11 atom stereocenters. The van der Waals surface area contributed by atoms with Crippen LogP contribution in [0.5, 0.6) is 11.5 Å². The highest BCUT2D eigenvalue weighted by Crippen LogP contribution is 2.77. The second-order valence-electron chi connectivity index (χ2n) is 17.5. The maximum Gasteiger partial charge on any atom is 0.331 e. The predicted octanol–water partition coefficient (Wildman–Crippen LogP) is 8.97. The smallest absolute Gasteiger partial charge is 0.331 e. The highest BCUT2D eigenvalue weighted by atomic mass is 16.5. The Hall–Kier alpha value is -2.27. The van der Waals surface area contributed by atoms with Gasteiger partial charge in [0.15, 0.2) is 11.5 Å². The molecule has 248 valence electrons. The molecule has 0 heterocycles. The van der Waals surface area contributed by atoms with Crippen LogP contribution in [0.1, 0.15) is 112 Å². The topological polar surface area (TPSA) is 76.0 Å². The van der Waals surface area contributed by atoms with E-state index in [-0.39, 0.29) is 51.0 Å². The van der Waals surface area contributed by atoms with Gasteiger partial charge in [-0.15, -0.1) is 0 Å². The third-order valence-electron chi connectivity index (χ3n) is 15.4. The first-order valence-electron chi connectivity index (χ1n) is 17.6. The average Bonchev–Trinajstić information content (AvgIpc) is 3.34. The van der Waals surface area contributed by atoms with Crippen LogP contribution in [0.15, 0.2) is 36.4 Å². The molecule has 0 spiro atoms. The Morgan fingerprint density at radius 1 is 0.933 bits per heavy atom. The van der Waals surface area contributed by atoms with E-state index in [1.54, 1.807) is 24.3 Å². The van der Waals surface area contributed by atoms with Crippen molar-refractivity contribution in [2.24, 2.45) is 56.7 Å². The highest BCUT2D eigenvalue weighted by Gasteiger charge is 2.72. The summed E-state index contributed by atoms with van der Waals surface area (Å²) in [6, 6.07) is 5.03. The van der Waals surface area contributed by atoms with Crippen molar-refractivity contribution in [1.29, 1.82) is 0 Å². The summed E-state index contributed by atoms with van der Waals surface area (Å²) in [5.74, 6) is 2.86. The van der Waals surface area contributed by atoms with Crippen LogP contribution >= 0.6 is 0 Å². The molecule has 45 heavy (non-hydrogen) atoms. The summed E-state index contributed by atoms with van der Waals surface area (Å²) >= 11 is 0. The number of phenols is 1. The average molecular weight is 619 g/mol. The van der Waals surface area contributed by atoms with E-state index in [0.29, 0.717) is 35.3 Å². The molecule has 1 aromatic rings. The van der Waals surface area contributed by atoms with Gasteiger partial charge >= 0.3 is 5.97 Å². The summed E-state index contributed by atoms with van der Waals surface area (Å²) in [5, 5.41) is 21.8. The number of allylic oxidation sites excluding steroid dienone is 1. The summed E-state index contributed by atoms with van der Waals surface area (Å²) in [5.41, 5.74) is 2.38. The van der Waals surface area contributed by atoms with E-state index in [0.717, 1.165) is 37.7 Å². The van der Waals surface area contributed by atoms with Gasteiger partial charge in [0.2, 0.25) is 0 Å². The number of phenolic OH excluding ortho intramolecular Hbond substituents is 1. The first-order valence-corrected chi connectivity index (χ1v) is 17.6. The largest absolute Gasteiger partial charge is 0.504 e. The molecule has 5 aliphatic rings. The Kier molecular flexibility index (Phi) is 7.90. The third kappa shape index (κ3) is 4.67. The zero-order chi connectivity index (χ0) is 32.7. The van der Waals surface area contributed by atoms with E-state index < -0.39 is 0 Å². The molecule has 0 unspecified atom stereocenters. The van der Waals surface area contributed by atoms with Crippen molar-refractivity contribution in [2.75, 3.05) is 7.11 Å². The van der Waals surface area contributed by atoms with E-state index in [1.807, 2.05) is 0 Å². The van der Waals surface area contributed by atoms with Crippen LogP contribution in [0, 0.1) is 56.7 Å². The molecule has 5 nitrogen and oxygen atoms in total. The van der Waals surface area contributed by atoms with Crippen LogP contribution in [0.2, 0.25) is 0 Å². The normalized spacial score (nSPS) is 45.1. The third-order valence-corrected chi connectivity index (χ3v) is 15.4. The van der Waals surface area contributed by atoms with Gasteiger partial charge in [-0.1, -0.05) is 59.8 Å². The number of aliphatic hydroxyl groups excluding tert-OH is 1. The first kappa shape index (κ1) is 32.7. The van der Waals surface area contributed by atoms with E-state index in [4.69, 9.17) is 9.47 Å². The van der Waals surface area contributed by atoms with Gasteiger partial charge in [0, 0.05) is 11.5 Å². The van der Waals surface area contributed by atoms with Crippen LogP contribution < -0.4 is 4.74 Å².